The SMILES string of the molecule is O=C(NC1CCCCC1)C1=C(c2ccccc2)c2ccc(OCCCc3ccccc3)cc2C1=O. The topological polar surface area (TPSA) is 55.4 Å². The molecule has 0 bridgehead atoms. The van der Waals surface area contributed by atoms with Crippen LogP contribution in [0, 0.1) is 0 Å². The van der Waals surface area contributed by atoms with E-state index in [0.29, 0.717) is 17.9 Å². The summed E-state index contributed by atoms with van der Waals surface area (Å²) in [6.45, 7) is 0.565. The number of benzene rings is 3. The zero-order valence-electron chi connectivity index (χ0n) is 20.0. The third-order valence-corrected chi connectivity index (χ3v) is 6.93. The van der Waals surface area contributed by atoms with Crippen LogP contribution >= 0.6 is 0 Å². The summed E-state index contributed by atoms with van der Waals surface area (Å²) in [6.07, 6.45) is 7.23. The Morgan fingerprint density at radius 3 is 2.31 bits per heavy atom. The second kappa shape index (κ2) is 10.7. The lowest BCUT2D eigenvalue weighted by molar-refractivity contribution is -0.117. The third kappa shape index (κ3) is 5.22. The maximum atomic E-state index is 13.6. The molecule has 4 heteroatoms. The summed E-state index contributed by atoms with van der Waals surface area (Å²) in [7, 11) is 0. The van der Waals surface area contributed by atoms with Gasteiger partial charge in [0.25, 0.3) is 5.91 Å². The number of fused-ring (bicyclic) bond motifs is 1. The normalized spacial score (nSPS) is 15.7. The summed E-state index contributed by atoms with van der Waals surface area (Å²) in [4.78, 5) is 26.9. The van der Waals surface area contributed by atoms with Crippen LogP contribution in [0.1, 0.15) is 65.6 Å². The van der Waals surface area contributed by atoms with Gasteiger partial charge in [-0.25, -0.2) is 0 Å². The van der Waals surface area contributed by atoms with E-state index >= 15 is 0 Å². The van der Waals surface area contributed by atoms with E-state index in [4.69, 9.17) is 4.74 Å². The van der Waals surface area contributed by atoms with Gasteiger partial charge in [-0.15, -0.1) is 0 Å². The average molecular weight is 466 g/mol. The molecule has 1 amide bonds. The van der Waals surface area contributed by atoms with Gasteiger partial charge in [-0.05, 0) is 60.6 Å². The fraction of sp³-hybridized carbons (Fsp3) is 0.290. The van der Waals surface area contributed by atoms with E-state index in [1.54, 1.807) is 6.07 Å². The Kier molecular flexibility index (Phi) is 7.08. The zero-order valence-corrected chi connectivity index (χ0v) is 20.0. The maximum absolute atomic E-state index is 13.6. The van der Waals surface area contributed by atoms with Gasteiger partial charge < -0.3 is 10.1 Å². The van der Waals surface area contributed by atoms with Crippen molar-refractivity contribution in [1.82, 2.24) is 5.32 Å². The molecular weight excluding hydrogens is 434 g/mol. The largest absolute Gasteiger partial charge is 0.494 e. The molecule has 1 N–H and O–H groups in total. The molecule has 0 aromatic heterocycles. The van der Waals surface area contributed by atoms with Crippen molar-refractivity contribution in [2.75, 3.05) is 6.61 Å². The first-order valence-electron chi connectivity index (χ1n) is 12.7. The first-order valence-corrected chi connectivity index (χ1v) is 12.7. The molecule has 3 aromatic carbocycles. The predicted octanol–water partition coefficient (Wildman–Crippen LogP) is 6.15. The highest BCUT2D eigenvalue weighted by Gasteiger charge is 2.35. The number of hydrogen-bond acceptors (Lipinski definition) is 3. The first-order chi connectivity index (χ1) is 17.2. The number of carbonyl (C=O) groups is 2. The fourth-order valence-electron chi connectivity index (χ4n) is 5.14. The van der Waals surface area contributed by atoms with Crippen molar-refractivity contribution >= 4 is 17.3 Å². The fourth-order valence-corrected chi connectivity index (χ4v) is 5.14. The summed E-state index contributed by atoms with van der Waals surface area (Å²) in [5.41, 5.74) is 4.47. The molecule has 2 aliphatic rings. The van der Waals surface area contributed by atoms with Crippen molar-refractivity contribution in [3.8, 4) is 5.75 Å². The van der Waals surface area contributed by atoms with E-state index in [2.05, 4.69) is 17.4 Å². The molecule has 0 unspecified atom stereocenters. The number of amides is 1. The molecule has 2 aliphatic carbocycles. The quantitative estimate of drug-likeness (QED) is 0.321. The van der Waals surface area contributed by atoms with Crippen molar-refractivity contribution in [1.29, 1.82) is 0 Å². The van der Waals surface area contributed by atoms with Crippen LogP contribution < -0.4 is 10.1 Å². The minimum absolute atomic E-state index is 0.140. The number of nitrogens with one attached hydrogen (secondary N) is 1. The molecule has 3 aromatic rings. The van der Waals surface area contributed by atoms with Gasteiger partial charge in [-0.1, -0.05) is 79.9 Å². The minimum atomic E-state index is -0.262. The van der Waals surface area contributed by atoms with E-state index in [0.717, 1.165) is 55.2 Å². The van der Waals surface area contributed by atoms with Crippen LogP contribution in [0.15, 0.2) is 84.4 Å². The minimum Gasteiger partial charge on any atom is -0.494 e. The summed E-state index contributed by atoms with van der Waals surface area (Å²) in [6, 6.07) is 25.8. The molecule has 178 valence electrons. The van der Waals surface area contributed by atoms with Gasteiger partial charge in [0.1, 0.15) is 5.75 Å². The van der Waals surface area contributed by atoms with Gasteiger partial charge in [0, 0.05) is 17.2 Å². The summed E-state index contributed by atoms with van der Waals surface area (Å²) in [5, 5.41) is 3.15. The Balaban J connectivity index is 1.36. The van der Waals surface area contributed by atoms with Crippen LogP contribution in [0.4, 0.5) is 0 Å². The van der Waals surface area contributed by atoms with Crippen LogP contribution in [-0.4, -0.2) is 24.3 Å². The summed E-state index contributed by atoms with van der Waals surface area (Å²) < 4.78 is 5.99. The van der Waals surface area contributed by atoms with Crippen molar-refractivity contribution in [2.45, 2.75) is 51.0 Å². The second-order valence-electron chi connectivity index (χ2n) is 9.40. The smallest absolute Gasteiger partial charge is 0.256 e. The summed E-state index contributed by atoms with van der Waals surface area (Å²) >= 11 is 0. The Bertz CT molecular complexity index is 1220. The molecule has 1 fully saturated rings. The van der Waals surface area contributed by atoms with E-state index in [-0.39, 0.29) is 23.3 Å². The van der Waals surface area contributed by atoms with E-state index in [9.17, 15) is 9.59 Å². The van der Waals surface area contributed by atoms with Gasteiger partial charge in [-0.3, -0.25) is 9.59 Å². The predicted molar refractivity (Wildman–Crippen MR) is 139 cm³/mol. The lowest BCUT2D eigenvalue weighted by Crippen LogP contribution is -2.38. The standard InChI is InChI=1S/C31H31NO3/c33-30-27-21-25(35-20-10-13-22-11-4-1-5-12-22)18-19-26(27)28(23-14-6-2-7-15-23)29(30)31(34)32-24-16-8-3-9-17-24/h1-2,4-7,11-12,14-15,18-19,21,24H,3,8-10,13,16-17,20H2,(H,32,34). The van der Waals surface area contributed by atoms with Crippen LogP contribution in [0.2, 0.25) is 0 Å². The number of aryl methyl sites for hydroxylation is 1. The molecule has 5 rings (SSSR count). The highest BCUT2D eigenvalue weighted by Crippen LogP contribution is 2.39. The van der Waals surface area contributed by atoms with Crippen molar-refractivity contribution in [3.63, 3.8) is 0 Å². The van der Waals surface area contributed by atoms with Crippen LogP contribution in [-0.2, 0) is 11.2 Å². The van der Waals surface area contributed by atoms with Crippen molar-refractivity contribution in [3.05, 3.63) is 107 Å². The molecule has 0 spiro atoms. The molecule has 0 atom stereocenters. The van der Waals surface area contributed by atoms with E-state index in [1.807, 2.05) is 60.7 Å². The highest BCUT2D eigenvalue weighted by atomic mass is 16.5. The van der Waals surface area contributed by atoms with E-state index in [1.165, 1.54) is 12.0 Å². The van der Waals surface area contributed by atoms with Crippen molar-refractivity contribution in [2.24, 2.45) is 0 Å². The lowest BCUT2D eigenvalue weighted by Gasteiger charge is -2.23. The maximum Gasteiger partial charge on any atom is 0.256 e. The molecule has 4 nitrogen and oxygen atoms in total. The van der Waals surface area contributed by atoms with Gasteiger partial charge in [0.15, 0.2) is 5.78 Å². The van der Waals surface area contributed by atoms with Crippen molar-refractivity contribution < 1.29 is 14.3 Å². The molecule has 0 heterocycles. The molecule has 1 saturated carbocycles. The number of ketones is 1. The lowest BCUT2D eigenvalue weighted by atomic mass is 9.94. The van der Waals surface area contributed by atoms with Gasteiger partial charge in [0.05, 0.1) is 12.2 Å². The van der Waals surface area contributed by atoms with E-state index < -0.39 is 0 Å². The van der Waals surface area contributed by atoms with Crippen LogP contribution in [0.5, 0.6) is 5.75 Å². The summed E-state index contributed by atoms with van der Waals surface area (Å²) in [5.74, 6) is 0.177. The number of rotatable bonds is 8. The molecule has 0 saturated heterocycles. The number of Topliss-reactive ketones (excluding diaryl/α,β-unsaturated/α-hetero) is 1. The molecule has 0 radical (unpaired) electrons. The van der Waals surface area contributed by atoms with Gasteiger partial charge >= 0.3 is 0 Å². The highest BCUT2D eigenvalue weighted by molar-refractivity contribution is 6.36. The van der Waals surface area contributed by atoms with Crippen LogP contribution in [0.25, 0.3) is 5.57 Å². The Morgan fingerprint density at radius 1 is 0.857 bits per heavy atom. The van der Waals surface area contributed by atoms with Gasteiger partial charge in [-0.2, -0.15) is 0 Å². The monoisotopic (exact) mass is 465 g/mol. The third-order valence-electron chi connectivity index (χ3n) is 6.93. The number of ether oxygens (including phenoxy) is 1. The zero-order chi connectivity index (χ0) is 24.0. The molecule has 0 aliphatic heterocycles. The van der Waals surface area contributed by atoms with Gasteiger partial charge in [0.2, 0.25) is 0 Å². The first kappa shape index (κ1) is 23.1. The average Bonchev–Trinajstić information content (AvgIpc) is 3.20. The Labute approximate surface area is 207 Å². The second-order valence-corrected chi connectivity index (χ2v) is 9.40. The number of carbonyl (C=O) groups excluding carboxylic acids is 2. The van der Waals surface area contributed by atoms with Crippen LogP contribution in [0.3, 0.4) is 0 Å². The molecule has 35 heavy (non-hydrogen) atoms. The Hall–Kier alpha value is -3.66. The number of hydrogen-bond donors (Lipinski definition) is 1. The Morgan fingerprint density at radius 2 is 1.57 bits per heavy atom. The molecular formula is C31H31NO3.